The van der Waals surface area contributed by atoms with E-state index in [1.54, 1.807) is 12.1 Å². The van der Waals surface area contributed by atoms with Gasteiger partial charge in [-0.15, -0.1) is 0 Å². The molecule has 2 atom stereocenters. The Balaban J connectivity index is 1.65. The first kappa shape index (κ1) is 17.2. The number of hydrogen-bond donors (Lipinski definition) is 3. The average molecular weight is 321 g/mol. The van der Waals surface area contributed by atoms with Crippen molar-refractivity contribution in [1.82, 2.24) is 16.0 Å². The lowest BCUT2D eigenvalue weighted by atomic mass is 9.86. The highest BCUT2D eigenvalue weighted by atomic mass is 19.1. The monoisotopic (exact) mass is 321 g/mol. The molecule has 0 saturated heterocycles. The van der Waals surface area contributed by atoms with Crippen LogP contribution < -0.4 is 16.0 Å². The van der Waals surface area contributed by atoms with Gasteiger partial charge in [0.25, 0.3) is 0 Å². The van der Waals surface area contributed by atoms with Gasteiger partial charge in [0.2, 0.25) is 5.91 Å². The molecule has 1 aliphatic carbocycles. The van der Waals surface area contributed by atoms with Crippen LogP contribution in [-0.2, 0) is 11.3 Å². The zero-order chi connectivity index (χ0) is 16.7. The SMILES string of the molecule is C[C@H]1CCCC[C@H]1NC(=O)CNC(=O)NCc1ccc(F)cc1. The molecular formula is C17H24FN3O2. The number of amides is 3. The van der Waals surface area contributed by atoms with Gasteiger partial charge >= 0.3 is 6.03 Å². The lowest BCUT2D eigenvalue weighted by molar-refractivity contribution is -0.121. The third-order valence-corrected chi connectivity index (χ3v) is 4.23. The zero-order valence-corrected chi connectivity index (χ0v) is 13.4. The molecule has 3 amide bonds. The van der Waals surface area contributed by atoms with Gasteiger partial charge < -0.3 is 16.0 Å². The Morgan fingerprint density at radius 1 is 1.13 bits per heavy atom. The third kappa shape index (κ3) is 5.88. The summed E-state index contributed by atoms with van der Waals surface area (Å²) in [7, 11) is 0. The summed E-state index contributed by atoms with van der Waals surface area (Å²) in [6.45, 7) is 2.39. The molecule has 0 spiro atoms. The number of rotatable bonds is 5. The smallest absolute Gasteiger partial charge is 0.315 e. The molecular weight excluding hydrogens is 297 g/mol. The standard InChI is InChI=1S/C17H24FN3O2/c1-12-4-2-3-5-15(12)21-16(22)11-20-17(23)19-10-13-6-8-14(18)9-7-13/h6-9,12,15H,2-5,10-11H2,1H3,(H,21,22)(H2,19,20,23)/t12-,15+/m0/s1. The Hall–Kier alpha value is -2.11. The van der Waals surface area contributed by atoms with Gasteiger partial charge in [0, 0.05) is 12.6 Å². The van der Waals surface area contributed by atoms with Crippen molar-refractivity contribution >= 4 is 11.9 Å². The Morgan fingerprint density at radius 3 is 2.52 bits per heavy atom. The summed E-state index contributed by atoms with van der Waals surface area (Å²) in [6.07, 6.45) is 4.50. The van der Waals surface area contributed by atoms with Crippen LogP contribution in [0.15, 0.2) is 24.3 Å². The van der Waals surface area contributed by atoms with Crippen molar-refractivity contribution in [1.29, 1.82) is 0 Å². The van der Waals surface area contributed by atoms with Crippen molar-refractivity contribution in [2.45, 2.75) is 45.2 Å². The number of nitrogens with one attached hydrogen (secondary N) is 3. The Bertz CT molecular complexity index is 533. The molecule has 2 rings (SSSR count). The van der Waals surface area contributed by atoms with E-state index in [0.29, 0.717) is 5.92 Å². The summed E-state index contributed by atoms with van der Waals surface area (Å²) in [4.78, 5) is 23.5. The van der Waals surface area contributed by atoms with E-state index in [0.717, 1.165) is 24.8 Å². The summed E-state index contributed by atoms with van der Waals surface area (Å²) >= 11 is 0. The van der Waals surface area contributed by atoms with E-state index in [1.165, 1.54) is 18.6 Å². The van der Waals surface area contributed by atoms with Crippen molar-refractivity contribution in [2.75, 3.05) is 6.54 Å². The highest BCUT2D eigenvalue weighted by Gasteiger charge is 2.22. The molecule has 1 fully saturated rings. The fourth-order valence-electron chi connectivity index (χ4n) is 2.80. The molecule has 126 valence electrons. The van der Waals surface area contributed by atoms with Gasteiger partial charge in [-0.25, -0.2) is 9.18 Å². The predicted molar refractivity (Wildman–Crippen MR) is 86.2 cm³/mol. The van der Waals surface area contributed by atoms with Crippen LogP contribution in [0.25, 0.3) is 0 Å². The summed E-state index contributed by atoms with van der Waals surface area (Å²) in [5, 5.41) is 8.15. The first-order valence-corrected chi connectivity index (χ1v) is 8.10. The number of benzene rings is 1. The highest BCUT2D eigenvalue weighted by molar-refractivity contribution is 5.84. The predicted octanol–water partition coefficient (Wildman–Crippen LogP) is 2.32. The normalized spacial score (nSPS) is 20.6. The van der Waals surface area contributed by atoms with Crippen LogP contribution in [0.4, 0.5) is 9.18 Å². The van der Waals surface area contributed by atoms with Crippen LogP contribution in [0.1, 0.15) is 38.2 Å². The maximum atomic E-state index is 12.8. The van der Waals surface area contributed by atoms with E-state index >= 15 is 0 Å². The molecule has 6 heteroatoms. The lowest BCUT2D eigenvalue weighted by Gasteiger charge is -2.29. The molecule has 0 unspecified atom stereocenters. The van der Waals surface area contributed by atoms with Gasteiger partial charge in [0.1, 0.15) is 5.82 Å². The fourth-order valence-corrected chi connectivity index (χ4v) is 2.80. The van der Waals surface area contributed by atoms with Gasteiger partial charge in [-0.3, -0.25) is 4.79 Å². The highest BCUT2D eigenvalue weighted by Crippen LogP contribution is 2.23. The minimum atomic E-state index is -0.416. The molecule has 3 N–H and O–H groups in total. The number of halogens is 1. The third-order valence-electron chi connectivity index (χ3n) is 4.23. The fraction of sp³-hybridized carbons (Fsp3) is 0.529. The largest absolute Gasteiger partial charge is 0.352 e. The van der Waals surface area contributed by atoms with Gasteiger partial charge in [-0.05, 0) is 36.5 Å². The topological polar surface area (TPSA) is 70.2 Å². The number of carbonyl (C=O) groups excluding carboxylic acids is 2. The van der Waals surface area contributed by atoms with Crippen molar-refractivity contribution in [3.63, 3.8) is 0 Å². The van der Waals surface area contributed by atoms with Crippen LogP contribution >= 0.6 is 0 Å². The summed E-state index contributed by atoms with van der Waals surface area (Å²) in [5.74, 6) is 0.00694. The van der Waals surface area contributed by atoms with E-state index in [9.17, 15) is 14.0 Å². The second kappa shape index (κ2) is 8.50. The summed E-state index contributed by atoms with van der Waals surface area (Å²) in [6, 6.07) is 5.68. The van der Waals surface area contributed by atoms with Gasteiger partial charge in [-0.1, -0.05) is 31.9 Å². The minimum absolute atomic E-state index is 0.0432. The van der Waals surface area contributed by atoms with E-state index in [1.807, 2.05) is 0 Å². The van der Waals surface area contributed by atoms with Gasteiger partial charge in [0.15, 0.2) is 0 Å². The number of hydrogen-bond acceptors (Lipinski definition) is 2. The van der Waals surface area contributed by atoms with Gasteiger partial charge in [0.05, 0.1) is 6.54 Å². The van der Waals surface area contributed by atoms with E-state index < -0.39 is 6.03 Å². The molecule has 1 saturated carbocycles. The molecule has 0 radical (unpaired) electrons. The summed E-state index contributed by atoms with van der Waals surface area (Å²) in [5.41, 5.74) is 0.794. The Labute approximate surface area is 136 Å². The van der Waals surface area contributed by atoms with E-state index in [2.05, 4.69) is 22.9 Å². The van der Waals surface area contributed by atoms with Crippen molar-refractivity contribution < 1.29 is 14.0 Å². The zero-order valence-electron chi connectivity index (χ0n) is 13.4. The van der Waals surface area contributed by atoms with Crippen LogP contribution in [0.2, 0.25) is 0 Å². The molecule has 0 bridgehead atoms. The quantitative estimate of drug-likeness (QED) is 0.779. The molecule has 0 heterocycles. The Kier molecular flexibility index (Phi) is 6.38. The molecule has 1 aliphatic rings. The van der Waals surface area contributed by atoms with Crippen molar-refractivity contribution in [2.24, 2.45) is 5.92 Å². The summed E-state index contributed by atoms with van der Waals surface area (Å²) < 4.78 is 12.8. The minimum Gasteiger partial charge on any atom is -0.352 e. The lowest BCUT2D eigenvalue weighted by Crippen LogP contribution is -2.47. The van der Waals surface area contributed by atoms with Crippen molar-refractivity contribution in [3.8, 4) is 0 Å². The first-order valence-electron chi connectivity index (χ1n) is 8.10. The molecule has 23 heavy (non-hydrogen) atoms. The molecule has 1 aromatic carbocycles. The number of urea groups is 1. The number of carbonyl (C=O) groups is 2. The van der Waals surface area contributed by atoms with Crippen molar-refractivity contribution in [3.05, 3.63) is 35.6 Å². The molecule has 5 nitrogen and oxygen atoms in total. The average Bonchev–Trinajstić information content (AvgIpc) is 2.54. The van der Waals surface area contributed by atoms with Crippen LogP contribution in [0.3, 0.4) is 0 Å². The first-order chi connectivity index (χ1) is 11.0. The Morgan fingerprint density at radius 2 is 1.83 bits per heavy atom. The second-order valence-electron chi connectivity index (χ2n) is 6.10. The van der Waals surface area contributed by atoms with E-state index in [4.69, 9.17) is 0 Å². The second-order valence-corrected chi connectivity index (χ2v) is 6.10. The van der Waals surface area contributed by atoms with E-state index in [-0.39, 0.29) is 30.9 Å². The maximum absolute atomic E-state index is 12.8. The molecule has 1 aromatic rings. The molecule has 0 aromatic heterocycles. The van der Waals surface area contributed by atoms with Crippen LogP contribution in [0.5, 0.6) is 0 Å². The van der Waals surface area contributed by atoms with Gasteiger partial charge in [-0.2, -0.15) is 0 Å². The van der Waals surface area contributed by atoms with Crippen LogP contribution in [0, 0.1) is 11.7 Å². The molecule has 0 aliphatic heterocycles. The van der Waals surface area contributed by atoms with Crippen LogP contribution in [-0.4, -0.2) is 24.5 Å². The maximum Gasteiger partial charge on any atom is 0.315 e.